The summed E-state index contributed by atoms with van der Waals surface area (Å²) in [5.74, 6) is -2.75. The molecule has 0 saturated heterocycles. The van der Waals surface area contributed by atoms with E-state index in [4.69, 9.17) is 9.15 Å². The van der Waals surface area contributed by atoms with E-state index >= 15 is 0 Å². The van der Waals surface area contributed by atoms with Crippen molar-refractivity contribution in [1.29, 1.82) is 0 Å². The van der Waals surface area contributed by atoms with E-state index in [2.05, 4.69) is 0 Å². The van der Waals surface area contributed by atoms with Crippen LogP contribution in [0.5, 0.6) is 5.75 Å². The van der Waals surface area contributed by atoms with Crippen LogP contribution in [0.1, 0.15) is 42.8 Å². The second-order valence-electron chi connectivity index (χ2n) is 9.16. The maximum atomic E-state index is 14.8. The number of ether oxygens (including phenoxy) is 1. The molecule has 1 N–H and O–H groups in total. The molecule has 2 aromatic rings. The predicted molar refractivity (Wildman–Crippen MR) is 114 cm³/mol. The smallest absolute Gasteiger partial charge is 0.425 e. The van der Waals surface area contributed by atoms with Crippen molar-refractivity contribution in [1.82, 2.24) is 10.2 Å². The second-order valence-corrected chi connectivity index (χ2v) is 9.16. The number of rotatable bonds is 5. The summed E-state index contributed by atoms with van der Waals surface area (Å²) in [7, 11) is 1.41. The first-order chi connectivity index (χ1) is 15.9. The Bertz CT molecular complexity index is 1170. The molecule has 0 spiro atoms. The monoisotopic (exact) mass is 476 g/mol. The van der Waals surface area contributed by atoms with Crippen LogP contribution in [0.2, 0.25) is 0 Å². The highest BCUT2D eigenvalue weighted by atomic mass is 19.4. The van der Waals surface area contributed by atoms with Crippen LogP contribution >= 0.6 is 0 Å². The number of furan rings is 1. The number of nitrogens with zero attached hydrogens (tertiary/aromatic N) is 1. The number of halogens is 3. The van der Waals surface area contributed by atoms with E-state index < -0.39 is 40.3 Å². The lowest BCUT2D eigenvalue weighted by Crippen LogP contribution is -2.66. The molecule has 2 heterocycles. The van der Waals surface area contributed by atoms with Crippen LogP contribution in [-0.4, -0.2) is 41.3 Å². The van der Waals surface area contributed by atoms with Gasteiger partial charge in [-0.2, -0.15) is 13.2 Å². The van der Waals surface area contributed by atoms with E-state index in [1.165, 1.54) is 43.7 Å². The average molecular weight is 476 g/mol. The molecule has 0 bridgehead atoms. The van der Waals surface area contributed by atoms with Crippen LogP contribution in [0.3, 0.4) is 0 Å². The Kier molecular flexibility index (Phi) is 5.58. The predicted octanol–water partition coefficient (Wildman–Crippen LogP) is 4.00. The Morgan fingerprint density at radius 2 is 1.82 bits per heavy atom. The first-order valence-electron chi connectivity index (χ1n) is 10.5. The molecule has 1 aliphatic carbocycles. The fourth-order valence-electron chi connectivity index (χ4n) is 4.54. The van der Waals surface area contributed by atoms with E-state index in [0.717, 1.165) is 4.90 Å². The molecule has 0 unspecified atom stereocenters. The molecule has 10 heteroatoms. The molecule has 1 aliphatic heterocycles. The van der Waals surface area contributed by atoms with Crippen molar-refractivity contribution in [2.45, 2.75) is 44.9 Å². The number of carbonyl (C=O) groups excluding carboxylic acids is 3. The van der Waals surface area contributed by atoms with Crippen molar-refractivity contribution in [3.63, 3.8) is 0 Å². The van der Waals surface area contributed by atoms with Gasteiger partial charge in [-0.3, -0.25) is 14.4 Å². The van der Waals surface area contributed by atoms with Crippen LogP contribution in [0.15, 0.2) is 58.3 Å². The standard InChI is InChI=1S/C24H23F3N2O5/c1-22(2)11-17-19(18(30)12-22)23(24(25,26)27,21(32)29(17)13-16-5-4-10-34-16)28-20(31)14-6-8-15(33-3)9-7-14/h4-10H,11-13H2,1-3H3,(H,28,31)/t23-/m1/s1. The van der Waals surface area contributed by atoms with Crippen LogP contribution in [0, 0.1) is 5.41 Å². The van der Waals surface area contributed by atoms with Gasteiger partial charge in [0.2, 0.25) is 5.54 Å². The minimum atomic E-state index is -5.28. The summed E-state index contributed by atoms with van der Waals surface area (Å²) < 4.78 is 54.5. The molecule has 180 valence electrons. The summed E-state index contributed by atoms with van der Waals surface area (Å²) in [5.41, 5.74) is -5.06. The third-order valence-corrected chi connectivity index (χ3v) is 6.09. The number of amides is 2. The Hall–Kier alpha value is -3.56. The van der Waals surface area contributed by atoms with Crippen molar-refractivity contribution >= 4 is 17.6 Å². The van der Waals surface area contributed by atoms with Gasteiger partial charge >= 0.3 is 6.18 Å². The lowest BCUT2D eigenvalue weighted by molar-refractivity contribution is -0.191. The van der Waals surface area contributed by atoms with Crippen molar-refractivity contribution in [2.75, 3.05) is 7.11 Å². The minimum absolute atomic E-state index is 0.0463. The third-order valence-electron chi connectivity index (χ3n) is 6.09. The highest BCUT2D eigenvalue weighted by Crippen LogP contribution is 2.52. The fourth-order valence-corrected chi connectivity index (χ4v) is 4.54. The summed E-state index contributed by atoms with van der Waals surface area (Å²) in [6.45, 7) is 3.19. The molecule has 7 nitrogen and oxygen atoms in total. The normalized spacial score (nSPS) is 22.1. The van der Waals surface area contributed by atoms with E-state index in [0.29, 0.717) is 5.75 Å². The van der Waals surface area contributed by atoms with Gasteiger partial charge in [-0.15, -0.1) is 0 Å². The molecule has 0 radical (unpaired) electrons. The molecule has 2 aliphatic rings. The van der Waals surface area contributed by atoms with Crippen LogP contribution in [-0.2, 0) is 16.1 Å². The topological polar surface area (TPSA) is 88.8 Å². The quantitative estimate of drug-likeness (QED) is 0.705. The highest BCUT2D eigenvalue weighted by Gasteiger charge is 2.71. The maximum Gasteiger partial charge on any atom is 0.425 e. The van der Waals surface area contributed by atoms with Crippen LogP contribution < -0.4 is 10.1 Å². The van der Waals surface area contributed by atoms with E-state index in [-0.39, 0.29) is 36.4 Å². The van der Waals surface area contributed by atoms with Crippen LogP contribution in [0.25, 0.3) is 0 Å². The first kappa shape index (κ1) is 23.6. The van der Waals surface area contributed by atoms with E-state index in [1.54, 1.807) is 19.9 Å². The Labute approximate surface area is 193 Å². The fraction of sp³-hybridized carbons (Fsp3) is 0.375. The summed E-state index contributed by atoms with van der Waals surface area (Å²) in [6.07, 6.45) is -4.08. The summed E-state index contributed by atoms with van der Waals surface area (Å²) in [4.78, 5) is 40.5. The summed E-state index contributed by atoms with van der Waals surface area (Å²) in [5, 5.41) is 1.90. The molecule has 1 atom stereocenters. The third kappa shape index (κ3) is 3.76. The molecule has 0 saturated carbocycles. The number of alkyl halides is 3. The highest BCUT2D eigenvalue weighted by molar-refractivity contribution is 6.14. The molecule has 0 fully saturated rings. The first-order valence-corrected chi connectivity index (χ1v) is 10.5. The zero-order chi connectivity index (χ0) is 24.9. The van der Waals surface area contributed by atoms with Crippen molar-refractivity contribution in [3.8, 4) is 5.75 Å². The van der Waals surface area contributed by atoms with Crippen molar-refractivity contribution in [3.05, 3.63) is 65.3 Å². The number of hydrogen-bond acceptors (Lipinski definition) is 5. The zero-order valence-electron chi connectivity index (χ0n) is 18.8. The lowest BCUT2D eigenvalue weighted by atomic mass is 9.72. The number of benzene rings is 1. The van der Waals surface area contributed by atoms with Gasteiger partial charge in [0.15, 0.2) is 5.78 Å². The molecule has 34 heavy (non-hydrogen) atoms. The second kappa shape index (κ2) is 8.03. The minimum Gasteiger partial charge on any atom is -0.497 e. The molecular weight excluding hydrogens is 453 g/mol. The van der Waals surface area contributed by atoms with Gasteiger partial charge in [-0.05, 0) is 48.2 Å². The number of allylic oxidation sites excluding steroid dienone is 1. The average Bonchev–Trinajstić information content (AvgIpc) is 3.34. The summed E-state index contributed by atoms with van der Waals surface area (Å²) >= 11 is 0. The molecule has 1 aromatic carbocycles. The number of carbonyl (C=O) groups is 3. The van der Waals surface area contributed by atoms with Gasteiger partial charge in [0.25, 0.3) is 11.8 Å². The number of Topliss-reactive ketones (excluding diaryl/α,β-unsaturated/α-hetero) is 1. The Morgan fingerprint density at radius 3 is 2.38 bits per heavy atom. The number of nitrogens with one attached hydrogen (secondary N) is 1. The Balaban J connectivity index is 1.84. The SMILES string of the molecule is COc1ccc(C(=O)N[C@@]2(C(F)(F)F)C(=O)N(Cc3ccco3)C3=C2C(=O)CC(C)(C)C3)cc1. The number of ketones is 1. The molecule has 2 amide bonds. The molecular formula is C24H23F3N2O5. The van der Waals surface area contributed by atoms with Crippen molar-refractivity contribution < 1.29 is 36.7 Å². The molecule has 1 aromatic heterocycles. The van der Waals surface area contributed by atoms with Gasteiger partial charge in [0, 0.05) is 17.7 Å². The van der Waals surface area contributed by atoms with E-state index in [1.807, 2.05) is 5.32 Å². The lowest BCUT2D eigenvalue weighted by Gasteiger charge is -2.35. The Morgan fingerprint density at radius 1 is 1.15 bits per heavy atom. The van der Waals surface area contributed by atoms with Gasteiger partial charge in [0.05, 0.1) is 25.5 Å². The maximum absolute atomic E-state index is 14.8. The van der Waals surface area contributed by atoms with Crippen molar-refractivity contribution in [2.24, 2.45) is 5.41 Å². The number of methoxy groups -OCH3 is 1. The van der Waals surface area contributed by atoms with Gasteiger partial charge in [-0.1, -0.05) is 13.8 Å². The van der Waals surface area contributed by atoms with Crippen LogP contribution in [0.4, 0.5) is 13.2 Å². The molecule has 4 rings (SSSR count). The van der Waals surface area contributed by atoms with Gasteiger partial charge in [0.1, 0.15) is 11.5 Å². The zero-order valence-corrected chi connectivity index (χ0v) is 18.8. The largest absolute Gasteiger partial charge is 0.497 e. The van der Waals surface area contributed by atoms with Gasteiger partial charge in [-0.25, -0.2) is 0 Å². The number of hydrogen-bond donors (Lipinski definition) is 1. The summed E-state index contributed by atoms with van der Waals surface area (Å²) in [6, 6.07) is 8.44. The van der Waals surface area contributed by atoms with E-state index in [9.17, 15) is 27.6 Å². The van der Waals surface area contributed by atoms with Gasteiger partial charge < -0.3 is 19.4 Å².